The maximum absolute atomic E-state index is 12.9. The molecule has 0 radical (unpaired) electrons. The molecule has 41 heavy (non-hydrogen) atoms. The summed E-state index contributed by atoms with van der Waals surface area (Å²) in [4.78, 5) is 45.5. The second-order valence-corrected chi connectivity index (χ2v) is 13.2. The molecule has 1 N–H and O–H groups in total. The number of imide groups is 1. The Hall–Kier alpha value is -2.16. The molecule has 5 rings (SSSR count). The van der Waals surface area contributed by atoms with E-state index in [0.29, 0.717) is 35.1 Å². The molecule has 226 valence electrons. The van der Waals surface area contributed by atoms with Gasteiger partial charge in [-0.3, -0.25) is 24.7 Å². The van der Waals surface area contributed by atoms with E-state index in [4.69, 9.17) is 11.6 Å². The molecular weight excluding hydrogens is 538 g/mol. The number of nitrogens with one attached hydrogen (secondary N) is 1. The van der Waals surface area contributed by atoms with Crippen LogP contribution in [0.1, 0.15) is 82.6 Å². The number of benzene rings is 1. The van der Waals surface area contributed by atoms with E-state index in [9.17, 15) is 14.4 Å². The number of carbonyl (C=O) groups excluding carboxylic acids is 3. The Morgan fingerprint density at radius 2 is 1.71 bits per heavy atom. The van der Waals surface area contributed by atoms with Crippen LogP contribution in [-0.4, -0.2) is 84.9 Å². The maximum Gasteiger partial charge on any atom is 0.328 e. The van der Waals surface area contributed by atoms with Crippen LogP contribution in [0.5, 0.6) is 0 Å². The molecular formula is C32H48ClN5O3. The number of amides is 4. The van der Waals surface area contributed by atoms with Gasteiger partial charge < -0.3 is 9.80 Å². The topological polar surface area (TPSA) is 76.2 Å². The number of nitrogens with zero attached hydrogens (tertiary/aromatic N) is 4. The first-order valence-corrected chi connectivity index (χ1v) is 16.4. The third kappa shape index (κ3) is 8.02. The van der Waals surface area contributed by atoms with Crippen LogP contribution >= 0.6 is 11.6 Å². The number of hydrogen-bond acceptors (Lipinski definition) is 5. The summed E-state index contributed by atoms with van der Waals surface area (Å²) in [6.45, 7) is 6.37. The van der Waals surface area contributed by atoms with Crippen LogP contribution in [0.3, 0.4) is 0 Å². The normalized spacial score (nSPS) is 22.4. The molecule has 4 amide bonds. The van der Waals surface area contributed by atoms with Crippen LogP contribution in [0, 0.1) is 11.8 Å². The molecule has 1 aromatic rings. The quantitative estimate of drug-likeness (QED) is 0.427. The number of likely N-dealkylation sites (tertiary alicyclic amines) is 2. The van der Waals surface area contributed by atoms with Crippen molar-refractivity contribution in [2.45, 2.75) is 89.6 Å². The summed E-state index contributed by atoms with van der Waals surface area (Å²) in [5.74, 6) is 1.27. The smallest absolute Gasteiger partial charge is 0.328 e. The predicted octanol–water partition coefficient (Wildman–Crippen LogP) is 5.28. The fourth-order valence-corrected chi connectivity index (χ4v) is 7.52. The zero-order chi connectivity index (χ0) is 28.8. The Labute approximate surface area is 250 Å². The molecule has 0 atom stereocenters. The SMILES string of the molecule is CN(CCCC1CCN(C(=O)C2CCCCC2)CC1)C1CCN(Cc2ccc(Cl)c(N3CCC(=O)NC3=O)c2)CC1. The molecule has 3 saturated heterocycles. The Morgan fingerprint density at radius 1 is 0.976 bits per heavy atom. The van der Waals surface area contributed by atoms with E-state index in [2.05, 4.69) is 27.1 Å². The van der Waals surface area contributed by atoms with Gasteiger partial charge >= 0.3 is 6.03 Å². The molecule has 0 unspecified atom stereocenters. The third-order valence-corrected chi connectivity index (χ3v) is 10.3. The first-order chi connectivity index (χ1) is 19.9. The molecule has 3 heterocycles. The highest BCUT2D eigenvalue weighted by molar-refractivity contribution is 6.34. The number of urea groups is 1. The third-order valence-electron chi connectivity index (χ3n) is 9.95. The fourth-order valence-electron chi connectivity index (χ4n) is 7.30. The molecule has 1 aromatic carbocycles. The van der Waals surface area contributed by atoms with Crippen molar-refractivity contribution in [1.29, 1.82) is 0 Å². The van der Waals surface area contributed by atoms with E-state index in [1.807, 2.05) is 18.2 Å². The van der Waals surface area contributed by atoms with Crippen molar-refractivity contribution in [2.75, 3.05) is 51.2 Å². The van der Waals surface area contributed by atoms with E-state index in [1.165, 1.54) is 44.9 Å². The number of rotatable bonds is 9. The highest BCUT2D eigenvalue weighted by atomic mass is 35.5. The molecule has 0 spiro atoms. The molecule has 4 aliphatic rings. The van der Waals surface area contributed by atoms with E-state index in [0.717, 1.165) is 76.4 Å². The minimum Gasteiger partial charge on any atom is -0.342 e. The summed E-state index contributed by atoms with van der Waals surface area (Å²) in [5.41, 5.74) is 1.80. The number of halogens is 1. The predicted molar refractivity (Wildman–Crippen MR) is 163 cm³/mol. The summed E-state index contributed by atoms with van der Waals surface area (Å²) in [6, 6.07) is 6.10. The molecule has 9 heteroatoms. The zero-order valence-corrected chi connectivity index (χ0v) is 25.5. The van der Waals surface area contributed by atoms with Crippen molar-refractivity contribution in [3.8, 4) is 0 Å². The summed E-state index contributed by atoms with van der Waals surface area (Å²) in [5, 5.41) is 2.91. The first-order valence-electron chi connectivity index (χ1n) is 16.0. The Kier molecular flexibility index (Phi) is 10.6. The van der Waals surface area contributed by atoms with Gasteiger partial charge in [0, 0.05) is 44.6 Å². The van der Waals surface area contributed by atoms with Crippen molar-refractivity contribution >= 4 is 35.1 Å². The lowest BCUT2D eigenvalue weighted by Crippen LogP contribution is -2.49. The van der Waals surface area contributed by atoms with Crippen LogP contribution in [0.4, 0.5) is 10.5 Å². The molecule has 0 bridgehead atoms. The van der Waals surface area contributed by atoms with Crippen molar-refractivity contribution in [1.82, 2.24) is 20.0 Å². The van der Waals surface area contributed by atoms with E-state index in [-0.39, 0.29) is 12.3 Å². The lowest BCUT2D eigenvalue weighted by Gasteiger charge is -2.37. The van der Waals surface area contributed by atoms with E-state index >= 15 is 0 Å². The largest absolute Gasteiger partial charge is 0.342 e. The summed E-state index contributed by atoms with van der Waals surface area (Å²) >= 11 is 6.43. The van der Waals surface area contributed by atoms with Crippen molar-refractivity contribution < 1.29 is 14.4 Å². The standard InChI is InChI=1S/C32H48ClN5O3/c1-35(16-5-6-24-11-19-37(20-12-24)31(40)26-7-3-2-4-8-26)27-13-17-36(18-14-27)23-25-9-10-28(33)29(22-25)38-21-15-30(39)34-32(38)41/h9-10,22,24,26-27H,2-8,11-21,23H2,1H3,(H,34,39,41). The fraction of sp³-hybridized carbons (Fsp3) is 0.719. The summed E-state index contributed by atoms with van der Waals surface area (Å²) in [7, 11) is 2.28. The zero-order valence-electron chi connectivity index (χ0n) is 24.8. The van der Waals surface area contributed by atoms with Gasteiger partial charge in [0.25, 0.3) is 0 Å². The molecule has 8 nitrogen and oxygen atoms in total. The molecule has 0 aromatic heterocycles. The Bertz CT molecular complexity index is 1060. The van der Waals surface area contributed by atoms with Gasteiger partial charge in [0.2, 0.25) is 11.8 Å². The second kappa shape index (κ2) is 14.3. The molecule has 1 aliphatic carbocycles. The van der Waals surface area contributed by atoms with Crippen molar-refractivity contribution in [3.63, 3.8) is 0 Å². The molecule has 4 fully saturated rings. The molecule has 1 saturated carbocycles. The summed E-state index contributed by atoms with van der Waals surface area (Å²) in [6.07, 6.45) is 13.4. The van der Waals surface area contributed by atoms with E-state index < -0.39 is 6.03 Å². The second-order valence-electron chi connectivity index (χ2n) is 12.8. The average Bonchev–Trinajstić information content (AvgIpc) is 2.99. The Morgan fingerprint density at radius 3 is 2.41 bits per heavy atom. The van der Waals surface area contributed by atoms with E-state index in [1.54, 1.807) is 4.90 Å². The van der Waals surface area contributed by atoms with Gasteiger partial charge in [-0.1, -0.05) is 36.9 Å². The van der Waals surface area contributed by atoms with Crippen LogP contribution in [-0.2, 0) is 16.1 Å². The summed E-state index contributed by atoms with van der Waals surface area (Å²) < 4.78 is 0. The van der Waals surface area contributed by atoms with Crippen LogP contribution in [0.25, 0.3) is 0 Å². The first kappa shape index (κ1) is 30.3. The lowest BCUT2D eigenvalue weighted by atomic mass is 9.86. The number of piperidine rings is 2. The van der Waals surface area contributed by atoms with Gasteiger partial charge in [0.15, 0.2) is 0 Å². The highest BCUT2D eigenvalue weighted by Crippen LogP contribution is 2.31. The van der Waals surface area contributed by atoms with Crippen molar-refractivity contribution in [2.24, 2.45) is 11.8 Å². The van der Waals surface area contributed by atoms with Crippen LogP contribution < -0.4 is 10.2 Å². The van der Waals surface area contributed by atoms with Crippen molar-refractivity contribution in [3.05, 3.63) is 28.8 Å². The number of carbonyl (C=O) groups is 3. The van der Waals surface area contributed by atoms with Gasteiger partial charge in [-0.05, 0) is 102 Å². The lowest BCUT2D eigenvalue weighted by molar-refractivity contribution is -0.138. The van der Waals surface area contributed by atoms with Gasteiger partial charge in [-0.15, -0.1) is 0 Å². The van der Waals surface area contributed by atoms with Gasteiger partial charge in [-0.2, -0.15) is 0 Å². The van der Waals surface area contributed by atoms with Gasteiger partial charge in [0.1, 0.15) is 0 Å². The maximum atomic E-state index is 12.9. The minimum absolute atomic E-state index is 0.241. The van der Waals surface area contributed by atoms with Crippen LogP contribution in [0.2, 0.25) is 5.02 Å². The van der Waals surface area contributed by atoms with Gasteiger partial charge in [0.05, 0.1) is 10.7 Å². The minimum atomic E-state index is -0.403. The number of anilines is 1. The number of hydrogen-bond donors (Lipinski definition) is 1. The Balaban J connectivity index is 0.996. The van der Waals surface area contributed by atoms with Gasteiger partial charge in [-0.25, -0.2) is 4.79 Å². The average molecular weight is 586 g/mol. The van der Waals surface area contributed by atoms with Crippen LogP contribution in [0.15, 0.2) is 18.2 Å². The monoisotopic (exact) mass is 585 g/mol. The molecule has 3 aliphatic heterocycles. The highest BCUT2D eigenvalue weighted by Gasteiger charge is 2.30.